The minimum absolute atomic E-state index is 0.0285. The van der Waals surface area contributed by atoms with Crippen LogP contribution in [0.25, 0.3) is 0 Å². The van der Waals surface area contributed by atoms with Gasteiger partial charge in [-0.25, -0.2) is 0 Å². The first kappa shape index (κ1) is 14.2. The quantitative estimate of drug-likeness (QED) is 0.574. The number of benzene rings is 1. The van der Waals surface area contributed by atoms with Gasteiger partial charge in [-0.2, -0.15) is 0 Å². The Morgan fingerprint density at radius 1 is 1.56 bits per heavy atom. The zero-order valence-electron chi connectivity index (χ0n) is 10.7. The smallest absolute Gasteiger partial charge is 0.292 e. The Hall–Kier alpha value is -1.82. The average Bonchev–Trinajstić information content (AvgIpc) is 2.37. The third-order valence-electron chi connectivity index (χ3n) is 2.68. The highest BCUT2D eigenvalue weighted by atomic mass is 16.6. The van der Waals surface area contributed by atoms with Crippen LogP contribution in [0.2, 0.25) is 0 Å². The van der Waals surface area contributed by atoms with Crippen molar-refractivity contribution in [3.63, 3.8) is 0 Å². The maximum absolute atomic E-state index is 10.9. The highest BCUT2D eigenvalue weighted by Gasteiger charge is 2.17. The van der Waals surface area contributed by atoms with Gasteiger partial charge in [-0.3, -0.25) is 10.1 Å². The first-order chi connectivity index (χ1) is 8.62. The lowest BCUT2D eigenvalue weighted by Crippen LogP contribution is -2.28. The van der Waals surface area contributed by atoms with Crippen molar-refractivity contribution in [2.75, 3.05) is 19.0 Å². The zero-order chi connectivity index (χ0) is 13.5. The molecule has 1 aromatic carbocycles. The van der Waals surface area contributed by atoms with Crippen LogP contribution in [0.5, 0.6) is 5.75 Å². The number of anilines is 1. The lowest BCUT2D eigenvalue weighted by atomic mass is 10.1. The minimum atomic E-state index is -0.415. The van der Waals surface area contributed by atoms with Gasteiger partial charge in [0.15, 0.2) is 0 Å². The van der Waals surface area contributed by atoms with Crippen molar-refractivity contribution in [1.29, 1.82) is 0 Å². The Balaban J connectivity index is 2.99. The van der Waals surface area contributed by atoms with Crippen LogP contribution in [0.15, 0.2) is 18.2 Å². The van der Waals surface area contributed by atoms with Crippen LogP contribution in [0.4, 0.5) is 11.4 Å². The van der Waals surface area contributed by atoms with Gasteiger partial charge in [0, 0.05) is 24.7 Å². The molecule has 6 heteroatoms. The van der Waals surface area contributed by atoms with Crippen LogP contribution >= 0.6 is 0 Å². The first-order valence-electron chi connectivity index (χ1n) is 5.91. The monoisotopic (exact) mass is 253 g/mol. The molecule has 1 unspecified atom stereocenters. The van der Waals surface area contributed by atoms with Gasteiger partial charge >= 0.3 is 0 Å². The summed E-state index contributed by atoms with van der Waals surface area (Å²) in [7, 11) is 1.53. The number of nitro benzene ring substituents is 1. The highest BCUT2D eigenvalue weighted by Crippen LogP contribution is 2.29. The maximum Gasteiger partial charge on any atom is 0.292 e. The van der Waals surface area contributed by atoms with E-state index in [9.17, 15) is 10.1 Å². The van der Waals surface area contributed by atoms with E-state index in [-0.39, 0.29) is 11.7 Å². The van der Waals surface area contributed by atoms with Crippen molar-refractivity contribution < 1.29 is 9.66 Å². The molecule has 1 aromatic rings. The van der Waals surface area contributed by atoms with Crippen molar-refractivity contribution in [2.45, 2.75) is 25.8 Å². The predicted molar refractivity (Wildman–Crippen MR) is 71.0 cm³/mol. The number of hydrogen-bond donors (Lipinski definition) is 2. The van der Waals surface area contributed by atoms with Crippen molar-refractivity contribution in [2.24, 2.45) is 5.73 Å². The average molecular weight is 253 g/mol. The molecule has 0 aromatic heterocycles. The van der Waals surface area contributed by atoms with Gasteiger partial charge in [0.2, 0.25) is 0 Å². The maximum atomic E-state index is 10.9. The fraction of sp³-hybridized carbons (Fsp3) is 0.500. The molecular weight excluding hydrogens is 234 g/mol. The van der Waals surface area contributed by atoms with Crippen LogP contribution in [0.1, 0.15) is 19.8 Å². The topological polar surface area (TPSA) is 90.4 Å². The molecule has 0 saturated heterocycles. The number of nitrogens with zero attached hydrogens (tertiary/aromatic N) is 1. The number of rotatable bonds is 7. The molecule has 1 rings (SSSR count). The first-order valence-corrected chi connectivity index (χ1v) is 5.91. The second-order valence-corrected chi connectivity index (χ2v) is 4.01. The van der Waals surface area contributed by atoms with E-state index in [4.69, 9.17) is 10.5 Å². The summed E-state index contributed by atoms with van der Waals surface area (Å²) in [6.45, 7) is 2.48. The molecule has 0 amide bonds. The van der Waals surface area contributed by atoms with Gasteiger partial charge in [-0.05, 0) is 12.5 Å². The van der Waals surface area contributed by atoms with Crippen molar-refractivity contribution >= 4 is 11.4 Å². The van der Waals surface area contributed by atoms with E-state index in [2.05, 4.69) is 5.32 Å². The predicted octanol–water partition coefficient (Wildman–Crippen LogP) is 2.14. The largest absolute Gasteiger partial charge is 0.497 e. The molecule has 0 fully saturated rings. The molecule has 0 aliphatic rings. The Bertz CT molecular complexity index is 410. The summed E-state index contributed by atoms with van der Waals surface area (Å²) in [4.78, 5) is 10.5. The van der Waals surface area contributed by atoms with Gasteiger partial charge in [-0.1, -0.05) is 13.3 Å². The van der Waals surface area contributed by atoms with E-state index in [1.165, 1.54) is 13.2 Å². The molecule has 6 nitrogen and oxygen atoms in total. The third-order valence-corrected chi connectivity index (χ3v) is 2.68. The fourth-order valence-electron chi connectivity index (χ4n) is 1.73. The zero-order valence-corrected chi connectivity index (χ0v) is 10.7. The summed E-state index contributed by atoms with van der Waals surface area (Å²) in [5.41, 5.74) is 6.12. The molecule has 0 aliphatic carbocycles. The van der Waals surface area contributed by atoms with E-state index in [0.29, 0.717) is 18.0 Å². The molecule has 100 valence electrons. The minimum Gasteiger partial charge on any atom is -0.497 e. The molecule has 0 heterocycles. The van der Waals surface area contributed by atoms with Gasteiger partial charge < -0.3 is 15.8 Å². The summed E-state index contributed by atoms with van der Waals surface area (Å²) >= 11 is 0. The molecule has 3 N–H and O–H groups in total. The summed E-state index contributed by atoms with van der Waals surface area (Å²) in [6, 6.07) is 4.65. The molecule has 0 saturated carbocycles. The third kappa shape index (κ3) is 3.59. The molecule has 0 bridgehead atoms. The summed E-state index contributed by atoms with van der Waals surface area (Å²) in [5.74, 6) is 0.579. The Kier molecular flexibility index (Phi) is 5.38. The van der Waals surface area contributed by atoms with Gasteiger partial charge in [0.25, 0.3) is 5.69 Å². The van der Waals surface area contributed by atoms with Crippen LogP contribution < -0.4 is 15.8 Å². The van der Waals surface area contributed by atoms with Crippen LogP contribution in [-0.4, -0.2) is 24.6 Å². The molecule has 0 aliphatic heterocycles. The number of nitrogens with two attached hydrogens (primary N) is 1. The van der Waals surface area contributed by atoms with Crippen molar-refractivity contribution in [1.82, 2.24) is 0 Å². The van der Waals surface area contributed by atoms with E-state index < -0.39 is 4.92 Å². The summed E-state index contributed by atoms with van der Waals surface area (Å²) in [5, 5.41) is 14.1. The second-order valence-electron chi connectivity index (χ2n) is 4.01. The lowest BCUT2D eigenvalue weighted by molar-refractivity contribution is -0.384. The molecule has 0 spiro atoms. The van der Waals surface area contributed by atoms with Crippen LogP contribution in [0.3, 0.4) is 0 Å². The van der Waals surface area contributed by atoms with Gasteiger partial charge in [0.05, 0.1) is 12.0 Å². The molecule has 18 heavy (non-hydrogen) atoms. The van der Waals surface area contributed by atoms with E-state index >= 15 is 0 Å². The molecule has 1 atom stereocenters. The summed E-state index contributed by atoms with van der Waals surface area (Å²) < 4.78 is 5.07. The van der Waals surface area contributed by atoms with E-state index in [0.717, 1.165) is 12.8 Å². The van der Waals surface area contributed by atoms with E-state index in [1.807, 2.05) is 6.92 Å². The standard InChI is InChI=1S/C12H19N3O3/c1-3-4-9(8-13)14-11-7-10(18-2)5-6-12(11)15(16)17/h5-7,9,14H,3-4,8,13H2,1-2H3. The highest BCUT2D eigenvalue weighted by molar-refractivity contribution is 5.64. The Labute approximate surface area is 106 Å². The number of nitrogens with one attached hydrogen (secondary N) is 1. The Morgan fingerprint density at radius 2 is 2.28 bits per heavy atom. The number of nitro groups is 1. The molecule has 0 radical (unpaired) electrons. The second kappa shape index (κ2) is 6.80. The van der Waals surface area contributed by atoms with Crippen molar-refractivity contribution in [3.05, 3.63) is 28.3 Å². The number of hydrogen-bond acceptors (Lipinski definition) is 5. The normalized spacial score (nSPS) is 11.9. The number of methoxy groups -OCH3 is 1. The SMILES string of the molecule is CCCC(CN)Nc1cc(OC)ccc1[N+](=O)[O-]. The van der Waals surface area contributed by atoms with Crippen molar-refractivity contribution in [3.8, 4) is 5.75 Å². The van der Waals surface area contributed by atoms with Gasteiger partial charge in [-0.15, -0.1) is 0 Å². The van der Waals surface area contributed by atoms with Gasteiger partial charge in [0.1, 0.15) is 11.4 Å². The fourth-order valence-corrected chi connectivity index (χ4v) is 1.73. The van der Waals surface area contributed by atoms with Crippen LogP contribution in [-0.2, 0) is 0 Å². The van der Waals surface area contributed by atoms with Crippen LogP contribution in [0, 0.1) is 10.1 Å². The molecular formula is C12H19N3O3. The lowest BCUT2D eigenvalue weighted by Gasteiger charge is -2.17. The summed E-state index contributed by atoms with van der Waals surface area (Å²) in [6.07, 6.45) is 1.83. The Morgan fingerprint density at radius 3 is 2.78 bits per heavy atom. The number of ether oxygens (including phenoxy) is 1. The van der Waals surface area contributed by atoms with E-state index in [1.54, 1.807) is 12.1 Å².